The fourth-order valence-corrected chi connectivity index (χ4v) is 4.06. The molecule has 120 valence electrons. The normalized spacial score (nSPS) is 13.2. The van der Waals surface area contributed by atoms with Gasteiger partial charge in [-0.2, -0.15) is 0 Å². The van der Waals surface area contributed by atoms with Crippen molar-refractivity contribution >= 4 is 26.4 Å². The van der Waals surface area contributed by atoms with E-state index in [2.05, 4.69) is 87.6 Å². The molecule has 3 aromatic rings. The fourth-order valence-electron chi connectivity index (χ4n) is 2.89. The van der Waals surface area contributed by atoms with Crippen molar-refractivity contribution in [2.75, 3.05) is 5.32 Å². The first kappa shape index (κ1) is 16.1. The molecule has 1 atom stereocenters. The van der Waals surface area contributed by atoms with Crippen LogP contribution >= 0.6 is 11.3 Å². The highest BCUT2D eigenvalue weighted by molar-refractivity contribution is 7.23. The molecule has 0 aliphatic carbocycles. The average Bonchev–Trinajstić information content (AvgIpc) is 2.84. The molecular weight excluding hydrogens is 298 g/mol. The summed E-state index contributed by atoms with van der Waals surface area (Å²) in [5.41, 5.74) is 2.95. The average molecular weight is 324 g/mol. The SMILES string of the molecule is Cc1c(NC(Cc2ccccc2)C(C)(C)C)sc2ccccc12. The molecule has 2 heteroatoms. The van der Waals surface area contributed by atoms with Gasteiger partial charge in [0.05, 0.1) is 5.00 Å². The van der Waals surface area contributed by atoms with E-state index < -0.39 is 0 Å². The predicted octanol–water partition coefficient (Wildman–Crippen LogP) is 6.28. The molecule has 0 saturated heterocycles. The van der Waals surface area contributed by atoms with Gasteiger partial charge in [0.15, 0.2) is 0 Å². The van der Waals surface area contributed by atoms with Crippen LogP contribution in [0.25, 0.3) is 10.1 Å². The van der Waals surface area contributed by atoms with E-state index in [9.17, 15) is 0 Å². The van der Waals surface area contributed by atoms with E-state index in [1.165, 1.54) is 26.2 Å². The van der Waals surface area contributed by atoms with Gasteiger partial charge in [0.2, 0.25) is 0 Å². The third kappa shape index (κ3) is 3.59. The topological polar surface area (TPSA) is 12.0 Å². The van der Waals surface area contributed by atoms with E-state index in [4.69, 9.17) is 0 Å². The van der Waals surface area contributed by atoms with Crippen molar-refractivity contribution in [1.82, 2.24) is 0 Å². The second-order valence-electron chi connectivity index (χ2n) is 7.31. The maximum absolute atomic E-state index is 3.84. The van der Waals surface area contributed by atoms with E-state index in [1.54, 1.807) is 0 Å². The lowest BCUT2D eigenvalue weighted by Gasteiger charge is -2.32. The maximum Gasteiger partial charge on any atom is 0.0927 e. The Balaban J connectivity index is 1.90. The Bertz CT molecular complexity index is 780. The minimum absolute atomic E-state index is 0.193. The van der Waals surface area contributed by atoms with Crippen molar-refractivity contribution in [2.45, 2.75) is 40.2 Å². The van der Waals surface area contributed by atoms with E-state index in [-0.39, 0.29) is 5.41 Å². The monoisotopic (exact) mass is 323 g/mol. The molecule has 0 amide bonds. The molecule has 1 N–H and O–H groups in total. The van der Waals surface area contributed by atoms with Crippen LogP contribution in [0.15, 0.2) is 54.6 Å². The molecule has 0 aliphatic rings. The van der Waals surface area contributed by atoms with E-state index in [0.717, 1.165) is 6.42 Å². The van der Waals surface area contributed by atoms with Crippen LogP contribution in [0.5, 0.6) is 0 Å². The van der Waals surface area contributed by atoms with Gasteiger partial charge in [-0.25, -0.2) is 0 Å². The molecule has 1 nitrogen and oxygen atoms in total. The Labute approximate surface area is 143 Å². The highest BCUT2D eigenvalue weighted by atomic mass is 32.1. The Morgan fingerprint density at radius 3 is 2.26 bits per heavy atom. The molecule has 0 saturated carbocycles. The first-order valence-electron chi connectivity index (χ1n) is 8.24. The zero-order valence-corrected chi connectivity index (χ0v) is 15.2. The minimum Gasteiger partial charge on any atom is -0.373 e. The van der Waals surface area contributed by atoms with Gasteiger partial charge in [-0.3, -0.25) is 0 Å². The zero-order valence-electron chi connectivity index (χ0n) is 14.4. The van der Waals surface area contributed by atoms with Gasteiger partial charge in [-0.1, -0.05) is 69.3 Å². The van der Waals surface area contributed by atoms with Crippen LogP contribution in [-0.2, 0) is 6.42 Å². The smallest absolute Gasteiger partial charge is 0.0927 e. The summed E-state index contributed by atoms with van der Waals surface area (Å²) in [5, 5.41) is 6.52. The van der Waals surface area contributed by atoms with Crippen molar-refractivity contribution in [3.8, 4) is 0 Å². The minimum atomic E-state index is 0.193. The van der Waals surface area contributed by atoms with Crippen molar-refractivity contribution in [3.63, 3.8) is 0 Å². The van der Waals surface area contributed by atoms with Gasteiger partial charge in [0.1, 0.15) is 0 Å². The lowest BCUT2D eigenvalue weighted by Crippen LogP contribution is -2.35. The summed E-state index contributed by atoms with van der Waals surface area (Å²) in [4.78, 5) is 0. The molecule has 0 spiro atoms. The van der Waals surface area contributed by atoms with E-state index in [0.29, 0.717) is 6.04 Å². The van der Waals surface area contributed by atoms with Crippen molar-refractivity contribution < 1.29 is 0 Å². The van der Waals surface area contributed by atoms with Crippen LogP contribution in [0.3, 0.4) is 0 Å². The molecule has 0 aliphatic heterocycles. The van der Waals surface area contributed by atoms with Crippen LogP contribution in [-0.4, -0.2) is 6.04 Å². The standard InChI is InChI=1S/C21H25NS/c1-15-17-12-8-9-13-18(17)23-20(15)22-19(21(2,3)4)14-16-10-6-5-7-11-16/h5-13,19,22H,14H2,1-4H3. The maximum atomic E-state index is 3.84. The van der Waals surface area contributed by atoms with Crippen molar-refractivity contribution in [2.24, 2.45) is 5.41 Å². The summed E-state index contributed by atoms with van der Waals surface area (Å²) in [5.74, 6) is 0. The molecular formula is C21H25NS. The van der Waals surface area contributed by atoms with Crippen LogP contribution in [0.1, 0.15) is 31.9 Å². The van der Waals surface area contributed by atoms with Crippen LogP contribution in [0.2, 0.25) is 0 Å². The molecule has 0 fully saturated rings. The van der Waals surface area contributed by atoms with Gasteiger partial charge in [0.25, 0.3) is 0 Å². The van der Waals surface area contributed by atoms with Gasteiger partial charge < -0.3 is 5.32 Å². The molecule has 0 bridgehead atoms. The van der Waals surface area contributed by atoms with E-state index in [1.807, 2.05) is 11.3 Å². The number of fused-ring (bicyclic) bond motifs is 1. The number of hydrogen-bond acceptors (Lipinski definition) is 2. The highest BCUT2D eigenvalue weighted by Gasteiger charge is 2.26. The third-order valence-corrected chi connectivity index (χ3v) is 5.68. The number of hydrogen-bond donors (Lipinski definition) is 1. The number of thiophene rings is 1. The molecule has 1 heterocycles. The largest absolute Gasteiger partial charge is 0.373 e. The molecule has 1 aromatic heterocycles. The van der Waals surface area contributed by atoms with E-state index >= 15 is 0 Å². The Hall–Kier alpha value is -1.80. The van der Waals surface area contributed by atoms with Gasteiger partial charge in [0, 0.05) is 10.7 Å². The lowest BCUT2D eigenvalue weighted by atomic mass is 9.83. The zero-order chi connectivity index (χ0) is 16.4. The summed E-state index contributed by atoms with van der Waals surface area (Å²) >= 11 is 1.87. The summed E-state index contributed by atoms with van der Waals surface area (Å²) in [6, 6.07) is 19.8. The van der Waals surface area contributed by atoms with Gasteiger partial charge in [-0.05, 0) is 41.3 Å². The molecule has 3 rings (SSSR count). The summed E-state index contributed by atoms with van der Waals surface area (Å²) in [7, 11) is 0. The number of nitrogens with one attached hydrogen (secondary N) is 1. The van der Waals surface area contributed by atoms with Crippen LogP contribution in [0, 0.1) is 12.3 Å². The molecule has 0 radical (unpaired) electrons. The van der Waals surface area contributed by atoms with Crippen LogP contribution in [0.4, 0.5) is 5.00 Å². The lowest BCUT2D eigenvalue weighted by molar-refractivity contribution is 0.339. The summed E-state index contributed by atoms with van der Waals surface area (Å²) in [6.45, 7) is 9.17. The number of rotatable bonds is 4. The van der Waals surface area contributed by atoms with Gasteiger partial charge in [-0.15, -0.1) is 11.3 Å². The van der Waals surface area contributed by atoms with Crippen molar-refractivity contribution in [1.29, 1.82) is 0 Å². The molecule has 2 aromatic carbocycles. The number of benzene rings is 2. The predicted molar refractivity (Wildman–Crippen MR) is 104 cm³/mol. The summed E-state index contributed by atoms with van der Waals surface area (Å²) in [6.07, 6.45) is 1.04. The summed E-state index contributed by atoms with van der Waals surface area (Å²) < 4.78 is 1.36. The van der Waals surface area contributed by atoms with Crippen LogP contribution < -0.4 is 5.32 Å². The Morgan fingerprint density at radius 2 is 1.61 bits per heavy atom. The molecule has 23 heavy (non-hydrogen) atoms. The van der Waals surface area contributed by atoms with Crippen molar-refractivity contribution in [3.05, 3.63) is 65.7 Å². The molecule has 1 unspecified atom stereocenters. The second-order valence-corrected chi connectivity index (χ2v) is 8.36. The third-order valence-electron chi connectivity index (χ3n) is 4.48. The Kier molecular flexibility index (Phi) is 4.45. The quantitative estimate of drug-likeness (QED) is 0.596. The highest BCUT2D eigenvalue weighted by Crippen LogP contribution is 2.37. The number of anilines is 1. The Morgan fingerprint density at radius 1 is 0.957 bits per heavy atom. The number of aryl methyl sites for hydroxylation is 1. The van der Waals surface area contributed by atoms with Gasteiger partial charge >= 0.3 is 0 Å². The second kappa shape index (κ2) is 6.37. The first-order chi connectivity index (χ1) is 10.9. The first-order valence-corrected chi connectivity index (χ1v) is 9.05. The fraction of sp³-hybridized carbons (Fsp3) is 0.333.